The molecule has 4 fully saturated rings. The van der Waals surface area contributed by atoms with Gasteiger partial charge >= 0.3 is 0 Å². The third-order valence-corrected chi connectivity index (χ3v) is 11.4. The number of hydrogen-bond acceptors (Lipinski definition) is 2. The Labute approximate surface area is 216 Å². The maximum Gasteiger partial charge on any atom is 0.0391 e. The fraction of sp³-hybridized carbons (Fsp3) is 0.294. The molecule has 1 heterocycles. The Hall–Kier alpha value is -3.10. The van der Waals surface area contributed by atoms with Gasteiger partial charge in [-0.05, 0) is 114 Å². The lowest BCUT2D eigenvalue weighted by atomic mass is 9.43. The molecule has 0 unspecified atom stereocenters. The van der Waals surface area contributed by atoms with Gasteiger partial charge in [-0.1, -0.05) is 48.5 Å². The van der Waals surface area contributed by atoms with Gasteiger partial charge in [-0.15, -0.1) is 11.3 Å². The number of anilines is 2. The van der Waals surface area contributed by atoms with Crippen LogP contribution in [0, 0.1) is 23.7 Å². The average molecular weight is 484 g/mol. The van der Waals surface area contributed by atoms with Crippen LogP contribution in [-0.2, 0) is 5.41 Å². The highest BCUT2D eigenvalue weighted by molar-refractivity contribution is 7.25. The fourth-order valence-electron chi connectivity index (χ4n) is 9.21. The van der Waals surface area contributed by atoms with Crippen LogP contribution in [0.2, 0.25) is 0 Å². The van der Waals surface area contributed by atoms with Crippen LogP contribution in [0.3, 0.4) is 0 Å². The SMILES string of the molecule is c1ccc2c(c1)-c1cc(Nc3ccc4sc5ccccc5c4c3)ccc1C21C2CC3CC(C2)CC1C3. The summed E-state index contributed by atoms with van der Waals surface area (Å²) in [6.45, 7) is 0. The van der Waals surface area contributed by atoms with E-state index in [1.54, 1.807) is 11.1 Å². The first-order valence-corrected chi connectivity index (χ1v) is 14.5. The van der Waals surface area contributed by atoms with Gasteiger partial charge in [-0.2, -0.15) is 0 Å². The van der Waals surface area contributed by atoms with Crippen LogP contribution < -0.4 is 5.32 Å². The third kappa shape index (κ3) is 2.51. The van der Waals surface area contributed by atoms with Crippen molar-refractivity contribution >= 4 is 42.9 Å². The number of hydrogen-bond donors (Lipinski definition) is 1. The highest BCUT2D eigenvalue weighted by atomic mass is 32.1. The third-order valence-electron chi connectivity index (χ3n) is 10.2. The standard InChI is InChI=1S/C34H29NS/c1-3-7-30-26(5-1)28-18-24(35-25-10-12-33-29(19-25)27-6-2-4-8-32(27)36-33)9-11-31(28)34(30)22-14-20-13-21(16-22)17-23(34)15-20/h1-12,18-23,35H,13-17H2. The highest BCUT2D eigenvalue weighted by Crippen LogP contribution is 2.69. The number of nitrogens with one attached hydrogen (secondary N) is 1. The van der Waals surface area contributed by atoms with Crippen molar-refractivity contribution in [3.63, 3.8) is 0 Å². The number of thiophene rings is 1. The van der Waals surface area contributed by atoms with E-state index in [1.807, 2.05) is 11.3 Å². The van der Waals surface area contributed by atoms with Crippen molar-refractivity contribution in [2.75, 3.05) is 5.32 Å². The predicted molar refractivity (Wildman–Crippen MR) is 152 cm³/mol. The number of benzene rings is 4. The summed E-state index contributed by atoms with van der Waals surface area (Å²) in [5.74, 6) is 3.62. The van der Waals surface area contributed by atoms with E-state index in [0.29, 0.717) is 0 Å². The second-order valence-corrected chi connectivity index (χ2v) is 13.0. The van der Waals surface area contributed by atoms with E-state index in [2.05, 4.69) is 90.2 Å². The van der Waals surface area contributed by atoms with Crippen molar-refractivity contribution in [3.05, 3.63) is 96.1 Å². The summed E-state index contributed by atoms with van der Waals surface area (Å²) in [4.78, 5) is 0. The molecule has 5 aliphatic rings. The molecule has 4 aromatic carbocycles. The molecule has 1 aromatic heterocycles. The highest BCUT2D eigenvalue weighted by Gasteiger charge is 2.61. The molecule has 0 aliphatic heterocycles. The number of fused-ring (bicyclic) bond motifs is 6. The summed E-state index contributed by atoms with van der Waals surface area (Å²) in [7, 11) is 0. The lowest BCUT2D eigenvalue weighted by Gasteiger charge is -2.61. The van der Waals surface area contributed by atoms with Gasteiger partial charge in [-0.25, -0.2) is 0 Å². The Morgan fingerprint density at radius 2 is 1.25 bits per heavy atom. The molecule has 1 N–H and O–H groups in total. The minimum absolute atomic E-state index is 0.256. The van der Waals surface area contributed by atoms with E-state index in [4.69, 9.17) is 0 Å². The molecule has 4 bridgehead atoms. The van der Waals surface area contributed by atoms with Crippen molar-refractivity contribution in [2.24, 2.45) is 23.7 Å². The van der Waals surface area contributed by atoms with Gasteiger partial charge in [-0.3, -0.25) is 0 Å². The van der Waals surface area contributed by atoms with Gasteiger partial charge in [0.1, 0.15) is 0 Å². The molecule has 2 heteroatoms. The minimum Gasteiger partial charge on any atom is -0.355 e. The molecule has 5 aliphatic carbocycles. The molecule has 10 rings (SSSR count). The van der Waals surface area contributed by atoms with Crippen molar-refractivity contribution in [1.29, 1.82) is 0 Å². The zero-order chi connectivity index (χ0) is 23.4. The van der Waals surface area contributed by atoms with Gasteiger partial charge in [0.15, 0.2) is 0 Å². The van der Waals surface area contributed by atoms with Crippen molar-refractivity contribution in [3.8, 4) is 11.1 Å². The Balaban J connectivity index is 1.16. The summed E-state index contributed by atoms with van der Waals surface area (Å²) in [5, 5.41) is 6.47. The molecule has 1 spiro atoms. The summed E-state index contributed by atoms with van der Waals surface area (Å²) >= 11 is 1.88. The second-order valence-electron chi connectivity index (χ2n) is 11.9. The summed E-state index contributed by atoms with van der Waals surface area (Å²) in [6, 6.07) is 32.3. The topological polar surface area (TPSA) is 12.0 Å². The van der Waals surface area contributed by atoms with Crippen LogP contribution in [-0.4, -0.2) is 0 Å². The molecule has 5 aromatic rings. The Morgan fingerprint density at radius 3 is 2.11 bits per heavy atom. The molecule has 36 heavy (non-hydrogen) atoms. The van der Waals surface area contributed by atoms with Gasteiger partial charge < -0.3 is 5.32 Å². The summed E-state index contributed by atoms with van der Waals surface area (Å²) in [5.41, 5.74) is 8.85. The van der Waals surface area contributed by atoms with E-state index in [-0.39, 0.29) is 5.41 Å². The molecule has 4 saturated carbocycles. The van der Waals surface area contributed by atoms with Gasteiger partial charge in [0, 0.05) is 37.0 Å². The largest absolute Gasteiger partial charge is 0.355 e. The van der Waals surface area contributed by atoms with Crippen LogP contribution in [0.4, 0.5) is 11.4 Å². The average Bonchev–Trinajstić information content (AvgIpc) is 3.41. The Kier molecular flexibility index (Phi) is 3.90. The molecular formula is C34H29NS. The van der Waals surface area contributed by atoms with Crippen LogP contribution in [0.15, 0.2) is 84.9 Å². The Bertz CT molecular complexity index is 1660. The lowest BCUT2D eigenvalue weighted by Crippen LogP contribution is -2.55. The second kappa shape index (κ2) is 7.01. The maximum atomic E-state index is 3.77. The van der Waals surface area contributed by atoms with Crippen molar-refractivity contribution in [2.45, 2.75) is 37.5 Å². The fourth-order valence-corrected chi connectivity index (χ4v) is 10.3. The first kappa shape index (κ1) is 20.0. The van der Waals surface area contributed by atoms with Crippen LogP contribution in [0.1, 0.15) is 43.2 Å². The van der Waals surface area contributed by atoms with Crippen molar-refractivity contribution in [1.82, 2.24) is 0 Å². The zero-order valence-electron chi connectivity index (χ0n) is 20.3. The summed E-state index contributed by atoms with van der Waals surface area (Å²) in [6.07, 6.45) is 7.26. The molecule has 0 saturated heterocycles. The predicted octanol–water partition coefficient (Wildman–Crippen LogP) is 9.52. The molecular weight excluding hydrogens is 454 g/mol. The summed E-state index contributed by atoms with van der Waals surface area (Å²) < 4.78 is 2.72. The van der Waals surface area contributed by atoms with Crippen LogP contribution in [0.5, 0.6) is 0 Å². The molecule has 176 valence electrons. The first-order chi connectivity index (χ1) is 17.8. The monoisotopic (exact) mass is 483 g/mol. The van der Waals surface area contributed by atoms with Gasteiger partial charge in [0.25, 0.3) is 0 Å². The van der Waals surface area contributed by atoms with Crippen molar-refractivity contribution < 1.29 is 0 Å². The zero-order valence-corrected chi connectivity index (χ0v) is 21.2. The van der Waals surface area contributed by atoms with E-state index in [9.17, 15) is 0 Å². The lowest BCUT2D eigenvalue weighted by molar-refractivity contribution is -0.0399. The molecule has 0 atom stereocenters. The van der Waals surface area contributed by atoms with Gasteiger partial charge in [0.05, 0.1) is 0 Å². The first-order valence-electron chi connectivity index (χ1n) is 13.7. The van der Waals surface area contributed by atoms with E-state index in [0.717, 1.165) is 23.7 Å². The van der Waals surface area contributed by atoms with E-state index >= 15 is 0 Å². The minimum atomic E-state index is 0.256. The van der Waals surface area contributed by atoms with E-state index in [1.165, 1.54) is 74.8 Å². The van der Waals surface area contributed by atoms with Crippen LogP contribution in [0.25, 0.3) is 31.3 Å². The maximum absolute atomic E-state index is 3.77. The molecule has 1 nitrogen and oxygen atoms in total. The van der Waals surface area contributed by atoms with Crippen LogP contribution >= 0.6 is 11.3 Å². The van der Waals surface area contributed by atoms with E-state index < -0.39 is 0 Å². The van der Waals surface area contributed by atoms with Gasteiger partial charge in [0.2, 0.25) is 0 Å². The molecule has 0 amide bonds. The smallest absolute Gasteiger partial charge is 0.0391 e. The number of rotatable bonds is 2. The molecule has 0 radical (unpaired) electrons. The quantitative estimate of drug-likeness (QED) is 0.264. The normalized spacial score (nSPS) is 29.2. The Morgan fingerprint density at radius 1 is 0.583 bits per heavy atom.